The van der Waals surface area contributed by atoms with Gasteiger partial charge in [0.05, 0.1) is 6.54 Å². The number of hydrogen-bond acceptors (Lipinski definition) is 4. The average Bonchev–Trinajstić information content (AvgIpc) is 2.51. The largest absolute Gasteiger partial charge is 0.459 e. The standard InChI is InChI=1S/C22H31FN2O3/c1-15-9-17(23)11-18(10-15)24-20(27)16-5-7-22(8-6-16)13-25(14-22)12-19(26)28-21(2,3)4/h9-11,16H,5-8,12-14H2,1-4H3,(H,24,27). The highest BCUT2D eigenvalue weighted by Gasteiger charge is 2.46. The van der Waals surface area contributed by atoms with Gasteiger partial charge in [-0.25, -0.2) is 4.39 Å². The molecule has 154 valence electrons. The first-order valence-corrected chi connectivity index (χ1v) is 10.1. The molecule has 0 atom stereocenters. The van der Waals surface area contributed by atoms with Gasteiger partial charge in [0.15, 0.2) is 0 Å². The number of anilines is 1. The number of benzene rings is 1. The van der Waals surface area contributed by atoms with E-state index < -0.39 is 5.60 Å². The summed E-state index contributed by atoms with van der Waals surface area (Å²) in [6.07, 6.45) is 3.64. The fourth-order valence-electron chi connectivity index (χ4n) is 4.43. The highest BCUT2D eigenvalue weighted by molar-refractivity contribution is 5.92. The van der Waals surface area contributed by atoms with Crippen molar-refractivity contribution in [2.45, 2.75) is 59.0 Å². The maximum Gasteiger partial charge on any atom is 0.320 e. The van der Waals surface area contributed by atoms with Gasteiger partial charge in [-0.15, -0.1) is 0 Å². The van der Waals surface area contributed by atoms with Crippen molar-refractivity contribution in [2.24, 2.45) is 11.3 Å². The van der Waals surface area contributed by atoms with Crippen molar-refractivity contribution >= 4 is 17.6 Å². The van der Waals surface area contributed by atoms with Crippen LogP contribution in [-0.4, -0.2) is 42.0 Å². The van der Waals surface area contributed by atoms with Gasteiger partial charge in [0.1, 0.15) is 11.4 Å². The Hall–Kier alpha value is -1.95. The van der Waals surface area contributed by atoms with Crippen molar-refractivity contribution in [1.29, 1.82) is 0 Å². The fourth-order valence-corrected chi connectivity index (χ4v) is 4.43. The van der Waals surface area contributed by atoms with Crippen LogP contribution in [0.5, 0.6) is 0 Å². The summed E-state index contributed by atoms with van der Waals surface area (Å²) in [5, 5.41) is 2.86. The van der Waals surface area contributed by atoms with Crippen LogP contribution in [0.1, 0.15) is 52.0 Å². The number of hydrogen-bond donors (Lipinski definition) is 1. The van der Waals surface area contributed by atoms with Crippen LogP contribution in [0.15, 0.2) is 18.2 Å². The molecular weight excluding hydrogens is 359 g/mol. The van der Waals surface area contributed by atoms with E-state index in [0.29, 0.717) is 12.2 Å². The highest BCUT2D eigenvalue weighted by Crippen LogP contribution is 2.45. The molecule has 0 bridgehead atoms. The number of ether oxygens (including phenoxy) is 1. The molecule has 1 N–H and O–H groups in total. The molecule has 1 saturated heterocycles. The van der Waals surface area contributed by atoms with Crippen molar-refractivity contribution in [1.82, 2.24) is 4.90 Å². The number of carbonyl (C=O) groups is 2. The van der Waals surface area contributed by atoms with Crippen LogP contribution in [-0.2, 0) is 14.3 Å². The molecule has 1 aromatic rings. The van der Waals surface area contributed by atoms with Crippen molar-refractivity contribution in [3.05, 3.63) is 29.6 Å². The van der Waals surface area contributed by atoms with Gasteiger partial charge in [0, 0.05) is 24.7 Å². The molecule has 1 aliphatic heterocycles. The Morgan fingerprint density at radius 3 is 2.43 bits per heavy atom. The maximum atomic E-state index is 13.5. The Balaban J connectivity index is 1.44. The zero-order valence-electron chi connectivity index (χ0n) is 17.3. The zero-order valence-corrected chi connectivity index (χ0v) is 17.3. The number of likely N-dealkylation sites (tertiary alicyclic amines) is 1. The van der Waals surface area contributed by atoms with Gasteiger partial charge in [-0.3, -0.25) is 14.5 Å². The minimum atomic E-state index is -0.453. The molecule has 0 unspecified atom stereocenters. The predicted molar refractivity (Wildman–Crippen MR) is 106 cm³/mol. The van der Waals surface area contributed by atoms with Crippen molar-refractivity contribution < 1.29 is 18.7 Å². The maximum absolute atomic E-state index is 13.5. The molecule has 1 amide bonds. The summed E-state index contributed by atoms with van der Waals surface area (Å²) < 4.78 is 18.9. The van der Waals surface area contributed by atoms with Crippen LogP contribution < -0.4 is 5.32 Å². The smallest absolute Gasteiger partial charge is 0.320 e. The van der Waals surface area contributed by atoms with Gasteiger partial charge >= 0.3 is 5.97 Å². The van der Waals surface area contributed by atoms with Crippen molar-refractivity contribution in [2.75, 3.05) is 25.0 Å². The molecule has 1 spiro atoms. The molecular formula is C22H31FN2O3. The van der Waals surface area contributed by atoms with Crippen LogP contribution >= 0.6 is 0 Å². The van der Waals surface area contributed by atoms with Gasteiger partial charge in [0.2, 0.25) is 5.91 Å². The molecule has 28 heavy (non-hydrogen) atoms. The third-order valence-electron chi connectivity index (χ3n) is 5.62. The minimum Gasteiger partial charge on any atom is -0.459 e. The van der Waals surface area contributed by atoms with E-state index in [0.717, 1.165) is 44.3 Å². The molecule has 1 aromatic carbocycles. The first-order chi connectivity index (χ1) is 13.0. The fraction of sp³-hybridized carbons (Fsp3) is 0.636. The quantitative estimate of drug-likeness (QED) is 0.792. The number of nitrogens with zero attached hydrogens (tertiary/aromatic N) is 1. The van der Waals surface area contributed by atoms with E-state index >= 15 is 0 Å². The molecule has 3 rings (SSSR count). The summed E-state index contributed by atoms with van der Waals surface area (Å²) in [5.41, 5.74) is 1.09. The second-order valence-electron chi connectivity index (χ2n) is 9.51. The van der Waals surface area contributed by atoms with E-state index in [1.165, 1.54) is 12.1 Å². The minimum absolute atomic E-state index is 0.0233. The normalized spacial score (nSPS) is 19.9. The first-order valence-electron chi connectivity index (χ1n) is 10.1. The van der Waals surface area contributed by atoms with Gasteiger partial charge < -0.3 is 10.1 Å². The van der Waals surface area contributed by atoms with Gasteiger partial charge in [-0.2, -0.15) is 0 Å². The number of halogens is 1. The lowest BCUT2D eigenvalue weighted by Crippen LogP contribution is -2.59. The SMILES string of the molecule is Cc1cc(F)cc(NC(=O)C2CCC3(CC2)CN(CC(=O)OC(C)(C)C)C3)c1. The number of carbonyl (C=O) groups excluding carboxylic acids is 2. The third-order valence-corrected chi connectivity index (χ3v) is 5.62. The van der Waals surface area contributed by atoms with E-state index in [4.69, 9.17) is 4.74 Å². The van der Waals surface area contributed by atoms with E-state index in [2.05, 4.69) is 10.2 Å². The van der Waals surface area contributed by atoms with Crippen LogP contribution in [0, 0.1) is 24.1 Å². The highest BCUT2D eigenvalue weighted by atomic mass is 19.1. The van der Waals surface area contributed by atoms with Crippen LogP contribution in [0.25, 0.3) is 0 Å². The zero-order chi connectivity index (χ0) is 20.5. The monoisotopic (exact) mass is 390 g/mol. The number of nitrogens with one attached hydrogen (secondary N) is 1. The summed E-state index contributed by atoms with van der Waals surface area (Å²) in [5.74, 6) is -0.572. The van der Waals surface area contributed by atoms with Crippen LogP contribution in [0.4, 0.5) is 10.1 Å². The molecule has 1 heterocycles. The number of rotatable bonds is 4. The molecule has 2 aliphatic rings. The summed E-state index contributed by atoms with van der Waals surface area (Å²) in [7, 11) is 0. The molecule has 1 aliphatic carbocycles. The summed E-state index contributed by atoms with van der Waals surface area (Å²) in [6.45, 7) is 9.55. The number of esters is 1. The molecule has 5 nitrogen and oxygen atoms in total. The molecule has 0 aromatic heterocycles. The lowest BCUT2D eigenvalue weighted by molar-refractivity contribution is -0.160. The predicted octanol–water partition coefficient (Wildman–Crippen LogP) is 3.91. The lowest BCUT2D eigenvalue weighted by Gasteiger charge is -2.53. The van der Waals surface area contributed by atoms with E-state index in [1.807, 2.05) is 27.7 Å². The Kier molecular flexibility index (Phi) is 5.80. The summed E-state index contributed by atoms with van der Waals surface area (Å²) >= 11 is 0. The average molecular weight is 390 g/mol. The Morgan fingerprint density at radius 1 is 1.21 bits per heavy atom. The van der Waals surface area contributed by atoms with E-state index in [1.54, 1.807) is 6.07 Å². The Bertz CT molecular complexity index is 720. The van der Waals surface area contributed by atoms with Crippen LogP contribution in [0.2, 0.25) is 0 Å². The first kappa shape index (κ1) is 20.8. The molecule has 2 fully saturated rings. The summed E-state index contributed by atoms with van der Waals surface area (Å²) in [4.78, 5) is 26.6. The second-order valence-corrected chi connectivity index (χ2v) is 9.51. The van der Waals surface area contributed by atoms with Crippen molar-refractivity contribution in [3.63, 3.8) is 0 Å². The van der Waals surface area contributed by atoms with Gasteiger partial charge in [-0.1, -0.05) is 0 Å². The van der Waals surface area contributed by atoms with Crippen molar-refractivity contribution in [3.8, 4) is 0 Å². The van der Waals surface area contributed by atoms with Gasteiger partial charge in [-0.05, 0) is 82.6 Å². The lowest BCUT2D eigenvalue weighted by atomic mass is 9.65. The topological polar surface area (TPSA) is 58.6 Å². The number of aryl methyl sites for hydroxylation is 1. The Labute approximate surface area is 166 Å². The molecule has 6 heteroatoms. The summed E-state index contributed by atoms with van der Waals surface area (Å²) in [6, 6.07) is 4.58. The third kappa shape index (κ3) is 5.31. The Morgan fingerprint density at radius 2 is 1.86 bits per heavy atom. The van der Waals surface area contributed by atoms with E-state index in [9.17, 15) is 14.0 Å². The molecule has 1 saturated carbocycles. The van der Waals surface area contributed by atoms with Crippen LogP contribution in [0.3, 0.4) is 0 Å². The van der Waals surface area contributed by atoms with E-state index in [-0.39, 0.29) is 29.0 Å². The molecule has 0 radical (unpaired) electrons. The number of amides is 1. The van der Waals surface area contributed by atoms with Gasteiger partial charge in [0.25, 0.3) is 0 Å². The second kappa shape index (κ2) is 7.82.